The lowest BCUT2D eigenvalue weighted by atomic mass is 9.90. The van der Waals surface area contributed by atoms with Crippen molar-refractivity contribution in [2.24, 2.45) is 5.92 Å². The lowest BCUT2D eigenvalue weighted by molar-refractivity contribution is -0.140. The van der Waals surface area contributed by atoms with E-state index in [1.807, 2.05) is 6.07 Å². The Kier molecular flexibility index (Phi) is 9.90. The number of sulfone groups is 1. The van der Waals surface area contributed by atoms with Crippen LogP contribution in [0.3, 0.4) is 0 Å². The standard InChI is InChI=1S/C32H39F3N4O4S/c1-21(2)31(41)38(29-16-15-25(19-30(29)40)44(5,42)43)17-7-8-24-18-26-27(36-22-11-13-23(14-12-22)37(3)4)9-6-10-28(26)39(24)20-32(33,34)35/h6,9-10,15-16,18-19,21-23,36,40H,11-14,17,20H2,1-5H3/t22-,23+. The SMILES string of the molecule is CC(C)C(=O)N(CC#Cc1cc2c(N[C@H]3CC[C@@H](N(C)C)CC3)cccc2n1CC(F)(F)F)c1ccc(S(C)(=O)=O)cc1O. The van der Waals surface area contributed by atoms with Gasteiger partial charge in [-0.05, 0) is 76.0 Å². The van der Waals surface area contributed by atoms with Gasteiger partial charge in [0.2, 0.25) is 5.91 Å². The Bertz CT molecular complexity index is 1680. The van der Waals surface area contributed by atoms with Crippen molar-refractivity contribution < 1.29 is 31.5 Å². The Hall–Kier alpha value is -3.69. The number of hydrogen-bond acceptors (Lipinski definition) is 6. The van der Waals surface area contributed by atoms with Crippen molar-refractivity contribution >= 4 is 38.0 Å². The minimum Gasteiger partial charge on any atom is -0.506 e. The quantitative estimate of drug-likeness (QED) is 0.313. The molecule has 0 bridgehead atoms. The maximum Gasteiger partial charge on any atom is 0.406 e. The van der Waals surface area contributed by atoms with E-state index in [1.165, 1.54) is 17.0 Å². The highest BCUT2D eigenvalue weighted by Crippen LogP contribution is 2.33. The Balaban J connectivity index is 1.68. The number of anilines is 2. The van der Waals surface area contributed by atoms with Gasteiger partial charge in [0.1, 0.15) is 12.3 Å². The van der Waals surface area contributed by atoms with E-state index in [2.05, 4.69) is 36.2 Å². The normalized spacial score (nSPS) is 17.5. The Labute approximate surface area is 256 Å². The number of carbonyl (C=O) groups excluding carboxylic acids is 1. The molecular weight excluding hydrogens is 593 g/mol. The molecule has 1 aliphatic rings. The van der Waals surface area contributed by atoms with Crippen molar-refractivity contribution in [3.63, 3.8) is 0 Å². The summed E-state index contributed by atoms with van der Waals surface area (Å²) >= 11 is 0. The number of aromatic nitrogens is 1. The first-order chi connectivity index (χ1) is 20.5. The molecule has 4 rings (SSSR count). The number of phenolic OH excluding ortho intramolecular Hbond substituents is 1. The Morgan fingerprint density at radius 2 is 1.80 bits per heavy atom. The number of aromatic hydroxyl groups is 1. The molecule has 1 saturated carbocycles. The number of rotatable bonds is 8. The van der Waals surface area contributed by atoms with Crippen molar-refractivity contribution in [2.45, 2.75) is 69.2 Å². The van der Waals surface area contributed by atoms with Crippen LogP contribution >= 0.6 is 0 Å². The predicted molar refractivity (Wildman–Crippen MR) is 167 cm³/mol. The summed E-state index contributed by atoms with van der Waals surface area (Å²) in [5.74, 6) is 4.34. The van der Waals surface area contributed by atoms with Gasteiger partial charge in [-0.1, -0.05) is 25.8 Å². The highest BCUT2D eigenvalue weighted by Gasteiger charge is 2.30. The molecule has 2 aromatic carbocycles. The molecule has 0 saturated heterocycles. The number of fused-ring (bicyclic) bond motifs is 1. The number of benzene rings is 2. The molecule has 8 nitrogen and oxygen atoms in total. The molecule has 0 unspecified atom stereocenters. The van der Waals surface area contributed by atoms with Gasteiger partial charge in [-0.15, -0.1) is 0 Å². The fraction of sp³-hybridized carbons (Fsp3) is 0.469. The molecule has 0 spiro atoms. The fourth-order valence-corrected chi connectivity index (χ4v) is 6.23. The number of carbonyl (C=O) groups is 1. The third kappa shape index (κ3) is 7.87. The molecule has 0 aliphatic heterocycles. The molecule has 12 heteroatoms. The summed E-state index contributed by atoms with van der Waals surface area (Å²) in [6.45, 7) is 1.84. The third-order valence-corrected chi connectivity index (χ3v) is 9.06. The summed E-state index contributed by atoms with van der Waals surface area (Å²) in [6, 6.07) is 11.2. The van der Waals surface area contributed by atoms with Crippen LogP contribution in [0.25, 0.3) is 10.9 Å². The maximum absolute atomic E-state index is 13.7. The van der Waals surface area contributed by atoms with Gasteiger partial charge in [0.15, 0.2) is 9.84 Å². The second-order valence-electron chi connectivity index (χ2n) is 11.9. The molecular formula is C32H39F3N4O4S. The number of alkyl halides is 3. The average Bonchev–Trinajstić information content (AvgIpc) is 3.27. The molecule has 44 heavy (non-hydrogen) atoms. The molecule has 1 fully saturated rings. The second-order valence-corrected chi connectivity index (χ2v) is 13.9. The van der Waals surface area contributed by atoms with Gasteiger partial charge in [0, 0.05) is 41.4 Å². The van der Waals surface area contributed by atoms with Crippen molar-refractivity contribution in [1.29, 1.82) is 0 Å². The number of nitrogens with one attached hydrogen (secondary N) is 1. The molecule has 0 radical (unpaired) electrons. The van der Waals surface area contributed by atoms with Gasteiger partial charge in [-0.2, -0.15) is 13.2 Å². The summed E-state index contributed by atoms with van der Waals surface area (Å²) in [5.41, 5.74) is 1.32. The van der Waals surface area contributed by atoms with Gasteiger partial charge in [-0.3, -0.25) is 9.69 Å². The minimum atomic E-state index is -4.50. The number of hydrogen-bond donors (Lipinski definition) is 2. The number of amides is 1. The van der Waals surface area contributed by atoms with Crippen LogP contribution in [0.5, 0.6) is 5.75 Å². The van der Waals surface area contributed by atoms with E-state index in [0.717, 1.165) is 48.3 Å². The number of halogens is 3. The summed E-state index contributed by atoms with van der Waals surface area (Å²) < 4.78 is 66.1. The zero-order valence-electron chi connectivity index (χ0n) is 25.6. The van der Waals surface area contributed by atoms with E-state index in [4.69, 9.17) is 0 Å². The van der Waals surface area contributed by atoms with Crippen LogP contribution in [-0.4, -0.2) is 74.1 Å². The second kappa shape index (κ2) is 13.1. The average molecular weight is 633 g/mol. The maximum atomic E-state index is 13.7. The van der Waals surface area contributed by atoms with Crippen LogP contribution < -0.4 is 10.2 Å². The van der Waals surface area contributed by atoms with Crippen LogP contribution in [0.1, 0.15) is 45.2 Å². The largest absolute Gasteiger partial charge is 0.506 e. The van der Waals surface area contributed by atoms with Crippen molar-refractivity contribution in [3.05, 3.63) is 48.2 Å². The first kappa shape index (κ1) is 33.2. The van der Waals surface area contributed by atoms with Crippen LogP contribution in [0.15, 0.2) is 47.4 Å². The van der Waals surface area contributed by atoms with Crippen LogP contribution in [-0.2, 0) is 21.2 Å². The topological polar surface area (TPSA) is 94.9 Å². The summed E-state index contributed by atoms with van der Waals surface area (Å²) in [5, 5.41) is 14.8. The lowest BCUT2D eigenvalue weighted by Gasteiger charge is -2.33. The molecule has 3 aromatic rings. The van der Waals surface area contributed by atoms with Crippen molar-refractivity contribution in [3.8, 4) is 17.6 Å². The summed E-state index contributed by atoms with van der Waals surface area (Å²) in [7, 11) is 0.537. The van der Waals surface area contributed by atoms with Crippen molar-refractivity contribution in [1.82, 2.24) is 9.47 Å². The Morgan fingerprint density at radius 1 is 1.11 bits per heavy atom. The van der Waals surface area contributed by atoms with E-state index in [0.29, 0.717) is 16.9 Å². The van der Waals surface area contributed by atoms with E-state index in [9.17, 15) is 31.5 Å². The van der Waals surface area contributed by atoms with E-state index < -0.39 is 40.1 Å². The highest BCUT2D eigenvalue weighted by molar-refractivity contribution is 7.90. The zero-order valence-corrected chi connectivity index (χ0v) is 26.4. The van der Waals surface area contributed by atoms with Gasteiger partial charge < -0.3 is 19.9 Å². The van der Waals surface area contributed by atoms with E-state index in [-0.39, 0.29) is 28.9 Å². The number of nitrogens with zero attached hydrogens (tertiary/aromatic N) is 3. The molecule has 2 N–H and O–H groups in total. The monoisotopic (exact) mass is 632 g/mol. The summed E-state index contributed by atoms with van der Waals surface area (Å²) in [6.07, 6.45) is 0.471. The lowest BCUT2D eigenvalue weighted by Crippen LogP contribution is -2.36. The minimum absolute atomic E-state index is 0.0525. The molecule has 1 aromatic heterocycles. The van der Waals surface area contributed by atoms with E-state index in [1.54, 1.807) is 32.0 Å². The first-order valence-corrected chi connectivity index (χ1v) is 16.4. The molecule has 1 amide bonds. The predicted octanol–water partition coefficient (Wildman–Crippen LogP) is 5.64. The van der Waals surface area contributed by atoms with Crippen LogP contribution in [0, 0.1) is 17.8 Å². The third-order valence-electron chi connectivity index (χ3n) is 7.95. The van der Waals surface area contributed by atoms with Gasteiger partial charge in [0.25, 0.3) is 0 Å². The van der Waals surface area contributed by atoms with Crippen molar-refractivity contribution in [2.75, 3.05) is 37.1 Å². The highest BCUT2D eigenvalue weighted by atomic mass is 32.2. The Morgan fingerprint density at radius 3 is 2.36 bits per heavy atom. The summed E-state index contributed by atoms with van der Waals surface area (Å²) in [4.78, 5) is 16.4. The molecule has 0 atom stereocenters. The number of phenols is 1. The van der Waals surface area contributed by atoms with Crippen LogP contribution in [0.4, 0.5) is 24.5 Å². The van der Waals surface area contributed by atoms with Crippen LogP contribution in [0.2, 0.25) is 0 Å². The van der Waals surface area contributed by atoms with Gasteiger partial charge >= 0.3 is 6.18 Å². The van der Waals surface area contributed by atoms with Gasteiger partial charge in [0.05, 0.1) is 28.3 Å². The molecule has 238 valence electrons. The molecule has 1 heterocycles. The zero-order chi connectivity index (χ0) is 32.4. The fourth-order valence-electron chi connectivity index (χ4n) is 5.58. The van der Waals surface area contributed by atoms with Gasteiger partial charge in [-0.25, -0.2) is 8.42 Å². The van der Waals surface area contributed by atoms with E-state index >= 15 is 0 Å². The first-order valence-electron chi connectivity index (χ1n) is 14.5. The smallest absolute Gasteiger partial charge is 0.406 e. The molecule has 1 aliphatic carbocycles.